The van der Waals surface area contributed by atoms with Crippen molar-refractivity contribution in [2.75, 3.05) is 0 Å². The number of hydrogen-bond acceptors (Lipinski definition) is 4. The lowest BCUT2D eigenvalue weighted by molar-refractivity contribution is 0.0694. The third-order valence-corrected chi connectivity index (χ3v) is 2.32. The second-order valence-corrected chi connectivity index (χ2v) is 3.59. The van der Waals surface area contributed by atoms with Gasteiger partial charge in [-0.2, -0.15) is 5.10 Å². The van der Waals surface area contributed by atoms with Crippen LogP contribution in [0.15, 0.2) is 23.5 Å². The molecular formula is C10H10N4O3. The molecule has 88 valence electrons. The molecule has 0 amide bonds. The number of carbonyl (C=O) groups is 1. The molecule has 2 rings (SSSR count). The third kappa shape index (κ3) is 1.82. The number of rotatable bonds is 2. The fraction of sp³-hybridized carbons (Fsp3) is 0.200. The molecule has 0 aliphatic carbocycles. The zero-order valence-electron chi connectivity index (χ0n) is 9.28. The Balaban J connectivity index is 2.74. The van der Waals surface area contributed by atoms with Gasteiger partial charge in [-0.15, -0.1) is 0 Å². The molecule has 17 heavy (non-hydrogen) atoms. The normalized spacial score (nSPS) is 10.5. The minimum atomic E-state index is -1.29. The molecule has 0 spiro atoms. The lowest BCUT2D eigenvalue weighted by Crippen LogP contribution is -2.25. The van der Waals surface area contributed by atoms with Gasteiger partial charge in [-0.25, -0.2) is 9.78 Å². The van der Waals surface area contributed by atoms with Crippen molar-refractivity contribution in [3.63, 3.8) is 0 Å². The first-order valence-corrected chi connectivity index (χ1v) is 4.78. The molecule has 0 fully saturated rings. The second kappa shape index (κ2) is 3.85. The van der Waals surface area contributed by atoms with Crippen LogP contribution in [0.3, 0.4) is 0 Å². The van der Waals surface area contributed by atoms with Gasteiger partial charge >= 0.3 is 5.97 Å². The van der Waals surface area contributed by atoms with Crippen LogP contribution >= 0.6 is 0 Å². The van der Waals surface area contributed by atoms with E-state index >= 15 is 0 Å². The van der Waals surface area contributed by atoms with Crippen molar-refractivity contribution in [2.45, 2.75) is 0 Å². The highest BCUT2D eigenvalue weighted by Crippen LogP contribution is 2.17. The number of carboxylic acid groups (broad SMARTS) is 1. The van der Waals surface area contributed by atoms with Crippen molar-refractivity contribution >= 4 is 5.97 Å². The highest BCUT2D eigenvalue weighted by Gasteiger charge is 2.19. The van der Waals surface area contributed by atoms with Crippen LogP contribution in [0.25, 0.3) is 11.3 Å². The molecule has 0 aliphatic rings. The predicted molar refractivity (Wildman–Crippen MR) is 58.6 cm³/mol. The number of aryl methyl sites for hydroxylation is 2. The molecule has 0 saturated carbocycles. The monoisotopic (exact) mass is 234 g/mol. The maximum atomic E-state index is 11.7. The molecule has 0 atom stereocenters. The summed E-state index contributed by atoms with van der Waals surface area (Å²) in [6.45, 7) is 0. The van der Waals surface area contributed by atoms with Crippen molar-refractivity contribution in [1.29, 1.82) is 0 Å². The third-order valence-electron chi connectivity index (χ3n) is 2.32. The summed E-state index contributed by atoms with van der Waals surface area (Å²) in [5.41, 5.74) is -0.300. The first-order valence-electron chi connectivity index (χ1n) is 4.78. The van der Waals surface area contributed by atoms with Gasteiger partial charge < -0.3 is 9.67 Å². The van der Waals surface area contributed by atoms with E-state index in [1.54, 1.807) is 13.2 Å². The Morgan fingerprint density at radius 3 is 2.65 bits per heavy atom. The molecule has 0 radical (unpaired) electrons. The smallest absolute Gasteiger partial charge is 0.343 e. The molecule has 0 aromatic carbocycles. The van der Waals surface area contributed by atoms with E-state index in [2.05, 4.69) is 10.1 Å². The van der Waals surface area contributed by atoms with Crippen LogP contribution in [0.4, 0.5) is 0 Å². The van der Waals surface area contributed by atoms with Gasteiger partial charge in [0.15, 0.2) is 5.56 Å². The van der Waals surface area contributed by atoms with Crippen molar-refractivity contribution in [2.24, 2.45) is 14.1 Å². The van der Waals surface area contributed by atoms with Crippen LogP contribution in [0, 0.1) is 0 Å². The van der Waals surface area contributed by atoms with Gasteiger partial charge in [-0.05, 0) is 0 Å². The van der Waals surface area contributed by atoms with Crippen LogP contribution in [-0.4, -0.2) is 30.4 Å². The van der Waals surface area contributed by atoms with Gasteiger partial charge in [-0.3, -0.25) is 9.48 Å². The van der Waals surface area contributed by atoms with Crippen molar-refractivity contribution in [1.82, 2.24) is 19.3 Å². The van der Waals surface area contributed by atoms with E-state index < -0.39 is 11.5 Å². The molecule has 0 bridgehead atoms. The van der Waals surface area contributed by atoms with Crippen molar-refractivity contribution in [3.05, 3.63) is 34.6 Å². The summed E-state index contributed by atoms with van der Waals surface area (Å²) in [5, 5.41) is 13.0. The van der Waals surface area contributed by atoms with Gasteiger partial charge in [-0.1, -0.05) is 0 Å². The summed E-state index contributed by atoms with van der Waals surface area (Å²) in [6, 6.07) is 0. The number of carboxylic acids is 1. The first kappa shape index (κ1) is 11.1. The SMILES string of the molecule is Cn1cc(-c2ncn(C)c(=O)c2C(=O)O)cn1. The fourth-order valence-corrected chi connectivity index (χ4v) is 1.49. The molecule has 7 nitrogen and oxygen atoms in total. The summed E-state index contributed by atoms with van der Waals surface area (Å²) in [6.07, 6.45) is 4.36. The molecule has 2 aromatic heterocycles. The van der Waals surface area contributed by atoms with Crippen LogP contribution in [0.5, 0.6) is 0 Å². The van der Waals surface area contributed by atoms with Crippen molar-refractivity contribution < 1.29 is 9.90 Å². The van der Waals surface area contributed by atoms with Crippen molar-refractivity contribution in [3.8, 4) is 11.3 Å². The summed E-state index contributed by atoms with van der Waals surface area (Å²) in [4.78, 5) is 26.8. The Morgan fingerprint density at radius 2 is 2.12 bits per heavy atom. The molecule has 2 aromatic rings. The topological polar surface area (TPSA) is 90.0 Å². The van der Waals surface area contributed by atoms with Crippen LogP contribution in [0.2, 0.25) is 0 Å². The zero-order chi connectivity index (χ0) is 12.6. The lowest BCUT2D eigenvalue weighted by atomic mass is 10.1. The Morgan fingerprint density at radius 1 is 1.41 bits per heavy atom. The van der Waals surface area contributed by atoms with Gasteiger partial charge in [0.1, 0.15) is 0 Å². The van der Waals surface area contributed by atoms with E-state index in [1.807, 2.05) is 0 Å². The molecule has 7 heteroatoms. The van der Waals surface area contributed by atoms with E-state index in [0.29, 0.717) is 5.56 Å². The van der Waals surface area contributed by atoms with E-state index in [9.17, 15) is 9.59 Å². The molecule has 0 saturated heterocycles. The highest BCUT2D eigenvalue weighted by atomic mass is 16.4. The van der Waals surface area contributed by atoms with Gasteiger partial charge in [0.2, 0.25) is 0 Å². The largest absolute Gasteiger partial charge is 0.477 e. The zero-order valence-corrected chi connectivity index (χ0v) is 9.28. The summed E-state index contributed by atoms with van der Waals surface area (Å²) >= 11 is 0. The minimum absolute atomic E-state index is 0.133. The highest BCUT2D eigenvalue weighted by molar-refractivity contribution is 5.94. The number of aromatic carboxylic acids is 1. The van der Waals surface area contributed by atoms with E-state index in [4.69, 9.17) is 5.11 Å². The van der Waals surface area contributed by atoms with E-state index in [0.717, 1.165) is 4.57 Å². The molecule has 2 heterocycles. The quantitative estimate of drug-likeness (QED) is 0.782. The van der Waals surface area contributed by atoms with Gasteiger partial charge in [0.05, 0.1) is 18.2 Å². The molecule has 0 unspecified atom stereocenters. The Bertz CT molecular complexity index is 641. The molecule has 1 N–H and O–H groups in total. The molecule has 0 aliphatic heterocycles. The Hall–Kier alpha value is -2.44. The number of aromatic nitrogens is 4. The summed E-state index contributed by atoms with van der Waals surface area (Å²) in [7, 11) is 3.15. The first-order chi connectivity index (χ1) is 8.00. The predicted octanol–water partition coefficient (Wildman–Crippen LogP) is -0.121. The standard InChI is InChI=1S/C10H10N4O3/c1-13-5-11-8(6-3-12-14(2)4-6)7(9(13)15)10(16)17/h3-5H,1-2H3,(H,16,17). The summed E-state index contributed by atoms with van der Waals surface area (Å²) in [5.74, 6) is -1.29. The van der Waals surface area contributed by atoms with Crippen LogP contribution < -0.4 is 5.56 Å². The average molecular weight is 234 g/mol. The number of nitrogens with zero attached hydrogens (tertiary/aromatic N) is 4. The van der Waals surface area contributed by atoms with Crippen LogP contribution in [-0.2, 0) is 14.1 Å². The Kier molecular flexibility index (Phi) is 2.51. The Labute approximate surface area is 96.0 Å². The summed E-state index contributed by atoms with van der Waals surface area (Å²) < 4.78 is 2.64. The second-order valence-electron chi connectivity index (χ2n) is 3.59. The van der Waals surface area contributed by atoms with E-state index in [1.165, 1.54) is 24.3 Å². The maximum absolute atomic E-state index is 11.7. The fourth-order valence-electron chi connectivity index (χ4n) is 1.49. The molecular weight excluding hydrogens is 224 g/mol. The van der Waals surface area contributed by atoms with Gasteiger partial charge in [0, 0.05) is 25.9 Å². The van der Waals surface area contributed by atoms with Gasteiger partial charge in [0.25, 0.3) is 5.56 Å². The van der Waals surface area contributed by atoms with E-state index in [-0.39, 0.29) is 11.3 Å². The minimum Gasteiger partial charge on any atom is -0.477 e. The number of hydrogen-bond donors (Lipinski definition) is 1. The average Bonchev–Trinajstić information content (AvgIpc) is 2.68. The van der Waals surface area contributed by atoms with Crippen LogP contribution in [0.1, 0.15) is 10.4 Å². The lowest BCUT2D eigenvalue weighted by Gasteiger charge is -2.04. The maximum Gasteiger partial charge on any atom is 0.343 e.